The number of anilines is 2. The van der Waals surface area contributed by atoms with Gasteiger partial charge in [0.2, 0.25) is 0 Å². The van der Waals surface area contributed by atoms with Crippen LogP contribution in [0.25, 0.3) is 0 Å². The van der Waals surface area contributed by atoms with E-state index in [1.54, 1.807) is 26.6 Å². The van der Waals surface area contributed by atoms with Gasteiger partial charge in [0.05, 0.1) is 26.0 Å². The van der Waals surface area contributed by atoms with Gasteiger partial charge in [-0.1, -0.05) is 6.58 Å². The Bertz CT molecular complexity index is 685. The van der Waals surface area contributed by atoms with E-state index < -0.39 is 6.09 Å². The van der Waals surface area contributed by atoms with Crippen molar-refractivity contribution in [1.82, 2.24) is 10.3 Å². The summed E-state index contributed by atoms with van der Waals surface area (Å²) in [6.45, 7) is 8.20. The molecule has 0 fully saturated rings. The molecule has 1 aromatic rings. The van der Waals surface area contributed by atoms with Crippen molar-refractivity contribution >= 4 is 32.8 Å². The highest BCUT2D eigenvalue weighted by Gasteiger charge is 2.24. The second-order valence-corrected chi connectivity index (χ2v) is 6.46. The molecule has 1 atom stereocenters. The summed E-state index contributed by atoms with van der Waals surface area (Å²) in [7, 11) is 3.41. The van der Waals surface area contributed by atoms with Gasteiger partial charge in [-0.15, -0.1) is 0 Å². The van der Waals surface area contributed by atoms with Crippen LogP contribution in [0.15, 0.2) is 29.4 Å². The van der Waals surface area contributed by atoms with Gasteiger partial charge in [-0.2, -0.15) is 0 Å². The predicted octanol–water partition coefficient (Wildman–Crippen LogP) is 1.85. The number of hydrogen-bond acceptors (Lipinski definition) is 7. The summed E-state index contributed by atoms with van der Waals surface area (Å²) in [5.41, 5.74) is 0.786. The van der Waals surface area contributed by atoms with Crippen molar-refractivity contribution in [3.63, 3.8) is 0 Å². The molecule has 27 heavy (non-hydrogen) atoms. The number of nitrogens with zero attached hydrogens (tertiary/aromatic N) is 4. The molecule has 0 aromatic carbocycles. The maximum atomic E-state index is 12.3. The molecular weight excluding hydrogens is 369 g/mol. The number of hydrogen-bond donors (Lipinski definition) is 1. The van der Waals surface area contributed by atoms with E-state index in [0.29, 0.717) is 43.7 Å². The Labute approximate surface area is 161 Å². The summed E-state index contributed by atoms with van der Waals surface area (Å²) >= 11 is 0. The Kier molecular flexibility index (Phi) is 8.29. The molecule has 2 rings (SSSR count). The first-order chi connectivity index (χ1) is 13.1. The second kappa shape index (κ2) is 10.7. The SMILES string of the molecule is C=C(CN1CCOc2ccc(N(PC)C(=O)OCCOC)nc21)NC=NC. The van der Waals surface area contributed by atoms with Crippen LogP contribution < -0.4 is 19.6 Å². The van der Waals surface area contributed by atoms with Crippen LogP contribution in [0.4, 0.5) is 16.4 Å². The van der Waals surface area contributed by atoms with E-state index in [1.807, 2.05) is 17.6 Å². The minimum atomic E-state index is -0.450. The van der Waals surface area contributed by atoms with Crippen molar-refractivity contribution < 1.29 is 19.0 Å². The molecule has 2 heterocycles. The topological polar surface area (TPSA) is 88.5 Å². The number of ether oxygens (including phenoxy) is 3. The highest BCUT2D eigenvalue weighted by atomic mass is 31.1. The molecule has 1 aliphatic rings. The lowest BCUT2D eigenvalue weighted by molar-refractivity contribution is 0.105. The summed E-state index contributed by atoms with van der Waals surface area (Å²) < 4.78 is 17.3. The Morgan fingerprint density at radius 2 is 2.37 bits per heavy atom. The lowest BCUT2D eigenvalue weighted by Gasteiger charge is -2.31. The molecule has 1 aliphatic heterocycles. The normalized spacial score (nSPS) is 13.5. The van der Waals surface area contributed by atoms with Crippen LogP contribution in [0.2, 0.25) is 0 Å². The number of aliphatic imine (C=N–C) groups is 1. The van der Waals surface area contributed by atoms with Crippen LogP contribution in [-0.2, 0) is 9.47 Å². The molecular formula is C17H26N5O4P. The van der Waals surface area contributed by atoms with Gasteiger partial charge in [0, 0.05) is 19.9 Å². The van der Waals surface area contributed by atoms with Crippen LogP contribution in [0, 0.1) is 0 Å². The van der Waals surface area contributed by atoms with Crippen molar-refractivity contribution in [1.29, 1.82) is 0 Å². The van der Waals surface area contributed by atoms with Gasteiger partial charge in [-0.05, 0) is 27.5 Å². The lowest BCUT2D eigenvalue weighted by atomic mass is 10.3. The number of nitrogens with one attached hydrogen (secondary N) is 1. The summed E-state index contributed by atoms with van der Waals surface area (Å²) in [5, 5.41) is 3.01. The Hall–Kier alpha value is -2.38. The monoisotopic (exact) mass is 395 g/mol. The van der Waals surface area contributed by atoms with Gasteiger partial charge in [0.25, 0.3) is 0 Å². The number of fused-ring (bicyclic) bond motifs is 1. The zero-order valence-corrected chi connectivity index (χ0v) is 16.9. The standard InChI is InChI=1S/C17H26N5O4P/c1-13(19-12-18-2)11-21-7-8-25-14-5-6-15(20-16(14)21)22(27-4)17(23)26-10-9-24-3/h5-6,12,27H,1,7-11H2,2-4H3,(H,18,19). The number of pyridine rings is 1. The van der Waals surface area contributed by atoms with Crippen LogP contribution in [0.5, 0.6) is 5.75 Å². The molecule has 0 bridgehead atoms. The first kappa shape index (κ1) is 20.9. The zero-order chi connectivity index (χ0) is 19.6. The Morgan fingerprint density at radius 3 is 3.07 bits per heavy atom. The molecule has 1 unspecified atom stereocenters. The van der Waals surface area contributed by atoms with Crippen LogP contribution in [-0.4, -0.2) is 71.1 Å². The van der Waals surface area contributed by atoms with Crippen molar-refractivity contribution in [3.8, 4) is 5.75 Å². The highest BCUT2D eigenvalue weighted by molar-refractivity contribution is 7.40. The molecule has 0 aliphatic carbocycles. The summed E-state index contributed by atoms with van der Waals surface area (Å²) in [4.78, 5) is 22.9. The molecule has 1 N–H and O–H groups in total. The lowest BCUT2D eigenvalue weighted by Crippen LogP contribution is -2.37. The van der Waals surface area contributed by atoms with Crippen LogP contribution >= 0.6 is 8.73 Å². The van der Waals surface area contributed by atoms with E-state index in [9.17, 15) is 4.79 Å². The van der Waals surface area contributed by atoms with Gasteiger partial charge in [-0.3, -0.25) is 4.99 Å². The van der Waals surface area contributed by atoms with E-state index in [1.165, 1.54) is 4.67 Å². The fourth-order valence-corrected chi connectivity index (χ4v) is 3.02. The van der Waals surface area contributed by atoms with Crippen molar-refractivity contribution in [2.75, 3.05) is 63.3 Å². The average Bonchev–Trinajstić information content (AvgIpc) is 2.67. The number of carbonyl (C=O) groups is 1. The van der Waals surface area contributed by atoms with E-state index in [2.05, 4.69) is 21.9 Å². The molecule has 0 radical (unpaired) electrons. The van der Waals surface area contributed by atoms with Crippen molar-refractivity contribution in [2.45, 2.75) is 0 Å². The molecule has 0 saturated carbocycles. The summed E-state index contributed by atoms with van der Waals surface area (Å²) in [5.74, 6) is 1.86. The third-order valence-corrected chi connectivity index (χ3v) is 4.53. The van der Waals surface area contributed by atoms with E-state index in [4.69, 9.17) is 14.2 Å². The van der Waals surface area contributed by atoms with E-state index >= 15 is 0 Å². The minimum absolute atomic E-state index is 0.169. The van der Waals surface area contributed by atoms with E-state index in [0.717, 1.165) is 5.70 Å². The summed E-state index contributed by atoms with van der Waals surface area (Å²) in [6.07, 6.45) is 1.14. The molecule has 9 nitrogen and oxygen atoms in total. The molecule has 0 spiro atoms. The number of amides is 1. The largest absolute Gasteiger partial charge is 0.488 e. The Morgan fingerprint density at radius 1 is 1.56 bits per heavy atom. The number of rotatable bonds is 9. The smallest absolute Gasteiger partial charge is 0.418 e. The first-order valence-electron chi connectivity index (χ1n) is 8.47. The van der Waals surface area contributed by atoms with E-state index in [-0.39, 0.29) is 15.3 Å². The van der Waals surface area contributed by atoms with Crippen molar-refractivity contribution in [3.05, 3.63) is 24.4 Å². The quantitative estimate of drug-likeness (QED) is 0.295. The van der Waals surface area contributed by atoms with Crippen LogP contribution in [0.1, 0.15) is 0 Å². The van der Waals surface area contributed by atoms with Gasteiger partial charge < -0.3 is 24.4 Å². The molecule has 1 aromatic heterocycles. The second-order valence-electron chi connectivity index (χ2n) is 5.56. The number of carbonyl (C=O) groups excluding carboxylic acids is 1. The predicted molar refractivity (Wildman–Crippen MR) is 109 cm³/mol. The number of aromatic nitrogens is 1. The molecule has 1 amide bonds. The maximum absolute atomic E-state index is 12.3. The molecule has 0 saturated heterocycles. The van der Waals surface area contributed by atoms with Crippen LogP contribution in [0.3, 0.4) is 0 Å². The fraction of sp³-hybridized carbons (Fsp3) is 0.471. The van der Waals surface area contributed by atoms with Crippen molar-refractivity contribution in [2.24, 2.45) is 4.99 Å². The average molecular weight is 395 g/mol. The summed E-state index contributed by atoms with van der Waals surface area (Å²) in [6, 6.07) is 3.58. The third kappa shape index (κ3) is 5.80. The minimum Gasteiger partial charge on any atom is -0.488 e. The first-order valence-corrected chi connectivity index (χ1v) is 9.92. The van der Waals surface area contributed by atoms with Gasteiger partial charge in [0.1, 0.15) is 19.0 Å². The van der Waals surface area contributed by atoms with Gasteiger partial charge in [0.15, 0.2) is 11.6 Å². The van der Waals surface area contributed by atoms with Gasteiger partial charge >= 0.3 is 6.09 Å². The van der Waals surface area contributed by atoms with Gasteiger partial charge in [-0.25, -0.2) is 14.4 Å². The molecule has 148 valence electrons. The highest BCUT2D eigenvalue weighted by Crippen LogP contribution is 2.34. The zero-order valence-electron chi connectivity index (χ0n) is 15.9. The third-order valence-electron chi connectivity index (χ3n) is 3.67. The Balaban J connectivity index is 2.17. The molecule has 10 heteroatoms. The maximum Gasteiger partial charge on any atom is 0.418 e. The fourth-order valence-electron chi connectivity index (χ4n) is 2.42. The number of methoxy groups -OCH3 is 1.